The number of benzene rings is 1. The molecule has 7 heteroatoms. The summed E-state index contributed by atoms with van der Waals surface area (Å²) < 4.78 is 0. The summed E-state index contributed by atoms with van der Waals surface area (Å²) in [6.07, 6.45) is 1.48. The number of phenols is 2. The van der Waals surface area contributed by atoms with Gasteiger partial charge in [-0.15, -0.1) is 6.58 Å². The van der Waals surface area contributed by atoms with E-state index in [1.165, 1.54) is 24.3 Å². The fraction of sp³-hybridized carbons (Fsp3) is 0.286. The summed E-state index contributed by atoms with van der Waals surface area (Å²) in [5.41, 5.74) is 0.467. The van der Waals surface area contributed by atoms with Crippen LogP contribution in [0.3, 0.4) is 0 Å². The summed E-state index contributed by atoms with van der Waals surface area (Å²) in [4.78, 5) is 22.8. The summed E-state index contributed by atoms with van der Waals surface area (Å²) in [5.74, 6) is -1.85. The van der Waals surface area contributed by atoms with Crippen LogP contribution in [-0.4, -0.2) is 39.4 Å². The Balaban J connectivity index is 2.73. The van der Waals surface area contributed by atoms with E-state index in [1.807, 2.05) is 0 Å². The van der Waals surface area contributed by atoms with Crippen molar-refractivity contribution in [3.8, 4) is 11.5 Å². The number of rotatable bonds is 6. The highest BCUT2D eigenvalue weighted by Gasteiger charge is 2.21. The lowest BCUT2D eigenvalue weighted by Crippen LogP contribution is -2.48. The zero-order valence-electron chi connectivity index (χ0n) is 11.5. The average Bonchev–Trinajstić information content (AvgIpc) is 2.41. The predicted octanol–water partition coefficient (Wildman–Crippen LogP) is 0.967. The summed E-state index contributed by atoms with van der Waals surface area (Å²) in [6, 6.07) is 1.89. The van der Waals surface area contributed by atoms with Crippen LogP contribution in [0.1, 0.15) is 12.5 Å². The molecule has 5 N–H and O–H groups in total. The molecule has 0 aliphatic heterocycles. The second kappa shape index (κ2) is 7.18. The van der Waals surface area contributed by atoms with Gasteiger partial charge in [-0.2, -0.15) is 0 Å². The van der Waals surface area contributed by atoms with Gasteiger partial charge >= 0.3 is 12.0 Å². The summed E-state index contributed by atoms with van der Waals surface area (Å²) in [5, 5.41) is 32.5. The van der Waals surface area contributed by atoms with Gasteiger partial charge in [0.1, 0.15) is 6.04 Å². The van der Waals surface area contributed by atoms with Gasteiger partial charge in [0, 0.05) is 12.5 Å². The third kappa shape index (κ3) is 5.06. The number of urea groups is 1. The third-order valence-electron chi connectivity index (χ3n) is 2.80. The highest BCUT2D eigenvalue weighted by atomic mass is 16.4. The molecule has 114 valence electrons. The van der Waals surface area contributed by atoms with Crippen LogP contribution < -0.4 is 10.6 Å². The van der Waals surface area contributed by atoms with E-state index in [4.69, 9.17) is 5.11 Å². The number of carboxylic acid groups (broad SMARTS) is 1. The molecule has 0 saturated heterocycles. The number of nitrogens with one attached hydrogen (secondary N) is 2. The van der Waals surface area contributed by atoms with E-state index in [2.05, 4.69) is 17.2 Å². The Labute approximate surface area is 121 Å². The average molecular weight is 294 g/mol. The molecule has 7 nitrogen and oxygen atoms in total. The summed E-state index contributed by atoms with van der Waals surface area (Å²) in [7, 11) is 0. The molecule has 0 aliphatic rings. The third-order valence-corrected chi connectivity index (χ3v) is 2.80. The normalized spacial score (nSPS) is 13.0. The van der Waals surface area contributed by atoms with Crippen molar-refractivity contribution in [3.05, 3.63) is 36.4 Å². The molecule has 0 saturated carbocycles. The highest BCUT2D eigenvalue weighted by molar-refractivity contribution is 5.83. The molecule has 0 fully saturated rings. The summed E-state index contributed by atoms with van der Waals surface area (Å²) >= 11 is 0. The van der Waals surface area contributed by atoms with Gasteiger partial charge in [-0.1, -0.05) is 12.1 Å². The van der Waals surface area contributed by atoms with Crippen molar-refractivity contribution in [1.82, 2.24) is 10.6 Å². The maximum Gasteiger partial charge on any atom is 0.326 e. The number of aromatic hydroxyl groups is 2. The van der Waals surface area contributed by atoms with Crippen LogP contribution in [-0.2, 0) is 11.2 Å². The van der Waals surface area contributed by atoms with Gasteiger partial charge in [-0.25, -0.2) is 9.59 Å². The quantitative estimate of drug-likeness (QED) is 0.395. The van der Waals surface area contributed by atoms with Crippen molar-refractivity contribution >= 4 is 12.0 Å². The van der Waals surface area contributed by atoms with Crippen LogP contribution >= 0.6 is 0 Å². The largest absolute Gasteiger partial charge is 0.504 e. The van der Waals surface area contributed by atoms with Gasteiger partial charge < -0.3 is 26.0 Å². The Hall–Kier alpha value is -2.70. The van der Waals surface area contributed by atoms with E-state index >= 15 is 0 Å². The van der Waals surface area contributed by atoms with E-state index < -0.39 is 18.0 Å². The molecule has 0 bridgehead atoms. The minimum absolute atomic E-state index is 0.0287. The lowest BCUT2D eigenvalue weighted by Gasteiger charge is -2.17. The molecule has 1 aromatic rings. The highest BCUT2D eigenvalue weighted by Crippen LogP contribution is 2.25. The van der Waals surface area contributed by atoms with E-state index in [0.29, 0.717) is 5.56 Å². The molecular formula is C14H18N2O5. The first-order chi connectivity index (χ1) is 9.83. The SMILES string of the molecule is C=CC(C)NC(=O)NC(Cc1ccc(O)c(O)c1)C(=O)O. The number of aliphatic carboxylic acids is 1. The fourth-order valence-electron chi connectivity index (χ4n) is 1.60. The Morgan fingerprint density at radius 3 is 2.48 bits per heavy atom. The molecule has 1 aromatic carbocycles. The monoisotopic (exact) mass is 294 g/mol. The molecular weight excluding hydrogens is 276 g/mol. The first kappa shape index (κ1) is 16.4. The zero-order chi connectivity index (χ0) is 16.0. The first-order valence-electron chi connectivity index (χ1n) is 6.26. The number of carboxylic acids is 1. The molecule has 0 aliphatic carbocycles. The van der Waals surface area contributed by atoms with Crippen molar-refractivity contribution in [1.29, 1.82) is 0 Å². The standard InChI is InChI=1S/C14H18N2O5/c1-3-8(2)15-14(21)16-10(13(19)20)6-9-4-5-11(17)12(18)7-9/h3-5,7-8,10,17-18H,1,6H2,2H3,(H,19,20)(H2,15,16,21). The van der Waals surface area contributed by atoms with Gasteiger partial charge in [0.05, 0.1) is 0 Å². The molecule has 0 radical (unpaired) electrons. The summed E-state index contributed by atoms with van der Waals surface area (Å²) in [6.45, 7) is 5.20. The van der Waals surface area contributed by atoms with Crippen molar-refractivity contribution < 1.29 is 24.9 Å². The van der Waals surface area contributed by atoms with Crippen molar-refractivity contribution in [2.24, 2.45) is 0 Å². The minimum atomic E-state index is -1.20. The Morgan fingerprint density at radius 1 is 1.29 bits per heavy atom. The van der Waals surface area contributed by atoms with Crippen LogP contribution in [0.15, 0.2) is 30.9 Å². The van der Waals surface area contributed by atoms with E-state index in [0.717, 1.165) is 0 Å². The van der Waals surface area contributed by atoms with Crippen molar-refractivity contribution in [2.75, 3.05) is 0 Å². The zero-order valence-corrected chi connectivity index (χ0v) is 11.5. The van der Waals surface area contributed by atoms with Crippen LogP contribution in [0.4, 0.5) is 4.79 Å². The Morgan fingerprint density at radius 2 is 1.95 bits per heavy atom. The molecule has 2 unspecified atom stereocenters. The lowest BCUT2D eigenvalue weighted by molar-refractivity contribution is -0.139. The maximum absolute atomic E-state index is 11.6. The number of amides is 2. The molecule has 2 atom stereocenters. The molecule has 0 aromatic heterocycles. The van der Waals surface area contributed by atoms with Crippen molar-refractivity contribution in [2.45, 2.75) is 25.4 Å². The molecule has 0 spiro atoms. The second-order valence-corrected chi connectivity index (χ2v) is 4.56. The van der Waals surface area contributed by atoms with Gasteiger partial charge in [0.15, 0.2) is 11.5 Å². The molecule has 0 heterocycles. The minimum Gasteiger partial charge on any atom is -0.504 e. The molecule has 21 heavy (non-hydrogen) atoms. The van der Waals surface area contributed by atoms with Crippen LogP contribution in [0.2, 0.25) is 0 Å². The van der Waals surface area contributed by atoms with Gasteiger partial charge in [0.25, 0.3) is 0 Å². The number of carbonyl (C=O) groups excluding carboxylic acids is 1. The van der Waals surface area contributed by atoms with E-state index in [1.54, 1.807) is 6.92 Å². The smallest absolute Gasteiger partial charge is 0.326 e. The maximum atomic E-state index is 11.6. The van der Waals surface area contributed by atoms with Crippen LogP contribution in [0.25, 0.3) is 0 Å². The van der Waals surface area contributed by atoms with E-state index in [9.17, 15) is 19.8 Å². The van der Waals surface area contributed by atoms with Gasteiger partial charge in [-0.3, -0.25) is 0 Å². The van der Waals surface area contributed by atoms with E-state index in [-0.39, 0.29) is 24.0 Å². The van der Waals surface area contributed by atoms with Gasteiger partial charge in [-0.05, 0) is 24.6 Å². The number of carbonyl (C=O) groups is 2. The molecule has 2 amide bonds. The lowest BCUT2D eigenvalue weighted by atomic mass is 10.1. The number of phenolic OH excluding ortho intramolecular Hbond substituents is 2. The topological polar surface area (TPSA) is 119 Å². The number of hydrogen-bond donors (Lipinski definition) is 5. The predicted molar refractivity (Wildman–Crippen MR) is 76.2 cm³/mol. The van der Waals surface area contributed by atoms with Gasteiger partial charge in [0.2, 0.25) is 0 Å². The van der Waals surface area contributed by atoms with Crippen LogP contribution in [0.5, 0.6) is 11.5 Å². The fourth-order valence-corrected chi connectivity index (χ4v) is 1.60. The van der Waals surface area contributed by atoms with Crippen LogP contribution in [0, 0.1) is 0 Å². The number of hydrogen-bond acceptors (Lipinski definition) is 4. The first-order valence-corrected chi connectivity index (χ1v) is 6.26. The van der Waals surface area contributed by atoms with Crippen molar-refractivity contribution in [3.63, 3.8) is 0 Å². The Kier molecular flexibility index (Phi) is 5.59. The molecule has 1 rings (SSSR count). The second-order valence-electron chi connectivity index (χ2n) is 4.56. The Bertz CT molecular complexity index is 544.